The van der Waals surface area contributed by atoms with Crippen LogP contribution in [0.2, 0.25) is 0 Å². The molecular formula is C10H16O. The number of fused-ring (bicyclic) bond motifs is 1. The standard InChI is InChI=1S/C10H16O/c1-6(2)10-4-8(10)7(3)9(11)5-10/h6,8-9,11H,3-5H2,1-2H3/t8?,9-,10?/m1/s1. The first-order valence-corrected chi connectivity index (χ1v) is 4.44. The molecule has 0 amide bonds. The van der Waals surface area contributed by atoms with Crippen molar-refractivity contribution in [2.24, 2.45) is 17.3 Å². The molecule has 1 heteroatoms. The summed E-state index contributed by atoms with van der Waals surface area (Å²) in [4.78, 5) is 0. The van der Waals surface area contributed by atoms with E-state index in [1.165, 1.54) is 6.42 Å². The summed E-state index contributed by atoms with van der Waals surface area (Å²) in [7, 11) is 0. The molecule has 3 atom stereocenters. The fraction of sp³-hybridized carbons (Fsp3) is 0.800. The minimum atomic E-state index is -0.198. The molecule has 2 rings (SSSR count). The molecule has 62 valence electrons. The van der Waals surface area contributed by atoms with Gasteiger partial charge in [0.15, 0.2) is 0 Å². The van der Waals surface area contributed by atoms with Crippen LogP contribution < -0.4 is 0 Å². The molecular weight excluding hydrogens is 136 g/mol. The van der Waals surface area contributed by atoms with Crippen molar-refractivity contribution in [3.63, 3.8) is 0 Å². The van der Waals surface area contributed by atoms with Gasteiger partial charge in [-0.1, -0.05) is 20.4 Å². The summed E-state index contributed by atoms with van der Waals surface area (Å²) in [6.07, 6.45) is 2.05. The van der Waals surface area contributed by atoms with Crippen molar-refractivity contribution in [3.05, 3.63) is 12.2 Å². The Labute approximate surface area is 68.1 Å². The van der Waals surface area contributed by atoms with E-state index in [9.17, 15) is 5.11 Å². The minimum Gasteiger partial charge on any atom is -0.389 e. The second kappa shape index (κ2) is 1.89. The zero-order valence-corrected chi connectivity index (χ0v) is 7.30. The molecule has 0 heterocycles. The Morgan fingerprint density at radius 3 is 2.45 bits per heavy atom. The lowest BCUT2D eigenvalue weighted by Gasteiger charge is -2.16. The molecule has 2 fully saturated rings. The van der Waals surface area contributed by atoms with Crippen molar-refractivity contribution in [2.45, 2.75) is 32.8 Å². The molecule has 0 aromatic carbocycles. The molecule has 0 aliphatic heterocycles. The van der Waals surface area contributed by atoms with Gasteiger partial charge in [-0.15, -0.1) is 0 Å². The van der Waals surface area contributed by atoms with Gasteiger partial charge >= 0.3 is 0 Å². The third kappa shape index (κ3) is 0.750. The highest BCUT2D eigenvalue weighted by Crippen LogP contribution is 2.69. The van der Waals surface area contributed by atoms with E-state index in [0.29, 0.717) is 17.3 Å². The summed E-state index contributed by atoms with van der Waals surface area (Å²) in [6, 6.07) is 0. The quantitative estimate of drug-likeness (QED) is 0.569. The first kappa shape index (κ1) is 7.35. The van der Waals surface area contributed by atoms with Gasteiger partial charge in [0.05, 0.1) is 6.10 Å². The second-order valence-electron chi connectivity index (χ2n) is 4.44. The van der Waals surface area contributed by atoms with Crippen molar-refractivity contribution < 1.29 is 5.11 Å². The SMILES string of the molecule is C=C1C2CC2(C(C)C)C[C@H]1O. The smallest absolute Gasteiger partial charge is 0.0756 e. The molecule has 2 unspecified atom stereocenters. The van der Waals surface area contributed by atoms with Gasteiger partial charge in [0.1, 0.15) is 0 Å². The van der Waals surface area contributed by atoms with Crippen LogP contribution >= 0.6 is 0 Å². The number of hydrogen-bond donors (Lipinski definition) is 1. The molecule has 1 nitrogen and oxygen atoms in total. The molecule has 2 aliphatic rings. The molecule has 2 aliphatic carbocycles. The molecule has 2 saturated carbocycles. The normalized spacial score (nSPS) is 48.2. The average molecular weight is 152 g/mol. The summed E-state index contributed by atoms with van der Waals surface area (Å²) >= 11 is 0. The molecule has 1 N–H and O–H groups in total. The Morgan fingerprint density at radius 2 is 2.18 bits per heavy atom. The fourth-order valence-electron chi connectivity index (χ4n) is 2.64. The topological polar surface area (TPSA) is 20.2 Å². The molecule has 11 heavy (non-hydrogen) atoms. The molecule has 0 bridgehead atoms. The predicted molar refractivity (Wildman–Crippen MR) is 45.1 cm³/mol. The van der Waals surface area contributed by atoms with E-state index < -0.39 is 0 Å². The van der Waals surface area contributed by atoms with E-state index in [4.69, 9.17) is 0 Å². The Morgan fingerprint density at radius 1 is 1.55 bits per heavy atom. The van der Waals surface area contributed by atoms with E-state index in [0.717, 1.165) is 12.0 Å². The molecule has 0 spiro atoms. The molecule has 0 saturated heterocycles. The minimum absolute atomic E-state index is 0.198. The van der Waals surface area contributed by atoms with E-state index >= 15 is 0 Å². The molecule has 0 aromatic rings. The van der Waals surface area contributed by atoms with Crippen LogP contribution in [0.1, 0.15) is 26.7 Å². The predicted octanol–water partition coefficient (Wildman–Crippen LogP) is 1.97. The zero-order valence-electron chi connectivity index (χ0n) is 7.30. The molecule has 0 aromatic heterocycles. The van der Waals surface area contributed by atoms with Gasteiger partial charge in [-0.3, -0.25) is 0 Å². The Bertz CT molecular complexity index is 207. The van der Waals surface area contributed by atoms with Crippen LogP contribution in [0.4, 0.5) is 0 Å². The van der Waals surface area contributed by atoms with Crippen LogP contribution in [0, 0.1) is 17.3 Å². The molecule has 0 radical (unpaired) electrons. The maximum Gasteiger partial charge on any atom is 0.0756 e. The lowest BCUT2D eigenvalue weighted by atomic mass is 9.89. The van der Waals surface area contributed by atoms with Gasteiger partial charge in [-0.2, -0.15) is 0 Å². The van der Waals surface area contributed by atoms with Crippen LogP contribution in [-0.4, -0.2) is 11.2 Å². The summed E-state index contributed by atoms with van der Waals surface area (Å²) in [6.45, 7) is 8.45. The Balaban J connectivity index is 2.20. The maximum absolute atomic E-state index is 9.51. The van der Waals surface area contributed by atoms with Crippen molar-refractivity contribution >= 4 is 0 Å². The van der Waals surface area contributed by atoms with E-state index in [2.05, 4.69) is 20.4 Å². The first-order valence-electron chi connectivity index (χ1n) is 4.44. The van der Waals surface area contributed by atoms with Crippen LogP contribution in [0.15, 0.2) is 12.2 Å². The number of aliphatic hydroxyl groups is 1. The van der Waals surface area contributed by atoms with Gasteiger partial charge in [0.2, 0.25) is 0 Å². The van der Waals surface area contributed by atoms with Crippen molar-refractivity contribution in [1.82, 2.24) is 0 Å². The van der Waals surface area contributed by atoms with Crippen LogP contribution in [0.25, 0.3) is 0 Å². The third-order valence-corrected chi connectivity index (χ3v) is 3.72. The van der Waals surface area contributed by atoms with E-state index in [1.807, 2.05) is 0 Å². The van der Waals surface area contributed by atoms with Crippen LogP contribution in [-0.2, 0) is 0 Å². The number of aliphatic hydroxyl groups excluding tert-OH is 1. The largest absolute Gasteiger partial charge is 0.389 e. The second-order valence-corrected chi connectivity index (χ2v) is 4.44. The van der Waals surface area contributed by atoms with Gasteiger partial charge in [-0.25, -0.2) is 0 Å². The first-order chi connectivity index (χ1) is 5.08. The van der Waals surface area contributed by atoms with E-state index in [-0.39, 0.29) is 6.10 Å². The highest BCUT2D eigenvalue weighted by atomic mass is 16.3. The summed E-state index contributed by atoms with van der Waals surface area (Å²) < 4.78 is 0. The van der Waals surface area contributed by atoms with Gasteiger partial charge in [0.25, 0.3) is 0 Å². The summed E-state index contributed by atoms with van der Waals surface area (Å²) in [5.74, 6) is 1.36. The zero-order chi connectivity index (χ0) is 8.22. The third-order valence-electron chi connectivity index (χ3n) is 3.72. The lowest BCUT2D eigenvalue weighted by Crippen LogP contribution is -2.12. The van der Waals surface area contributed by atoms with Crippen molar-refractivity contribution in [3.8, 4) is 0 Å². The van der Waals surface area contributed by atoms with Crippen LogP contribution in [0.3, 0.4) is 0 Å². The fourth-order valence-corrected chi connectivity index (χ4v) is 2.64. The number of rotatable bonds is 1. The van der Waals surface area contributed by atoms with Gasteiger partial charge in [0, 0.05) is 0 Å². The Hall–Kier alpha value is -0.300. The van der Waals surface area contributed by atoms with Gasteiger partial charge in [-0.05, 0) is 35.7 Å². The monoisotopic (exact) mass is 152 g/mol. The highest BCUT2D eigenvalue weighted by molar-refractivity contribution is 5.30. The van der Waals surface area contributed by atoms with Crippen molar-refractivity contribution in [2.75, 3.05) is 0 Å². The summed E-state index contributed by atoms with van der Waals surface area (Å²) in [5.41, 5.74) is 1.55. The highest BCUT2D eigenvalue weighted by Gasteiger charge is 2.63. The van der Waals surface area contributed by atoms with Gasteiger partial charge < -0.3 is 5.11 Å². The van der Waals surface area contributed by atoms with Crippen molar-refractivity contribution in [1.29, 1.82) is 0 Å². The Kier molecular flexibility index (Phi) is 1.26. The summed E-state index contributed by atoms with van der Waals surface area (Å²) in [5, 5.41) is 9.51. The van der Waals surface area contributed by atoms with E-state index in [1.54, 1.807) is 0 Å². The lowest BCUT2D eigenvalue weighted by molar-refractivity contribution is 0.176. The van der Waals surface area contributed by atoms with Crippen LogP contribution in [0.5, 0.6) is 0 Å². The average Bonchev–Trinajstić information content (AvgIpc) is 2.57. The maximum atomic E-state index is 9.51. The number of hydrogen-bond acceptors (Lipinski definition) is 1.